The summed E-state index contributed by atoms with van der Waals surface area (Å²) >= 11 is 7.40. The number of rotatable bonds is 2. The molecule has 1 aromatic heterocycles. The molecule has 1 aliphatic rings. The first-order valence-electron chi connectivity index (χ1n) is 7.76. The van der Waals surface area contributed by atoms with Gasteiger partial charge in [-0.2, -0.15) is 0 Å². The van der Waals surface area contributed by atoms with E-state index >= 15 is 0 Å². The van der Waals surface area contributed by atoms with Crippen molar-refractivity contribution in [3.8, 4) is 10.6 Å². The average Bonchev–Trinajstić information content (AvgIpc) is 3.19. The van der Waals surface area contributed by atoms with Crippen molar-refractivity contribution in [2.24, 2.45) is 0 Å². The van der Waals surface area contributed by atoms with Gasteiger partial charge in [-0.3, -0.25) is 4.79 Å². The van der Waals surface area contributed by atoms with Crippen LogP contribution in [-0.4, -0.2) is 16.9 Å². The van der Waals surface area contributed by atoms with E-state index in [1.807, 2.05) is 52.7 Å². The molecule has 4 rings (SSSR count). The van der Waals surface area contributed by atoms with E-state index in [9.17, 15) is 4.79 Å². The molecule has 5 heteroatoms. The number of halogens is 1. The number of hydrogen-bond donors (Lipinski definition) is 0. The highest BCUT2D eigenvalue weighted by Gasteiger charge is 2.32. The Kier molecular flexibility index (Phi) is 3.87. The van der Waals surface area contributed by atoms with Crippen molar-refractivity contribution >= 4 is 34.5 Å². The SMILES string of the molecule is C[C@@H]1Cc2ccccc2N1C(=O)c1csc(-c2ccc(Cl)cc2)n1. The average molecular weight is 355 g/mol. The van der Waals surface area contributed by atoms with Gasteiger partial charge in [-0.1, -0.05) is 41.9 Å². The second-order valence-corrected chi connectivity index (χ2v) is 7.20. The zero-order chi connectivity index (χ0) is 16.7. The topological polar surface area (TPSA) is 33.2 Å². The number of carbonyl (C=O) groups excluding carboxylic acids is 1. The molecule has 0 fully saturated rings. The summed E-state index contributed by atoms with van der Waals surface area (Å²) < 4.78 is 0. The Hall–Kier alpha value is -2.17. The first-order valence-corrected chi connectivity index (χ1v) is 9.02. The minimum Gasteiger partial charge on any atom is -0.304 e. The van der Waals surface area contributed by atoms with E-state index in [4.69, 9.17) is 11.6 Å². The predicted molar refractivity (Wildman–Crippen MR) is 99.0 cm³/mol. The minimum atomic E-state index is -0.0380. The highest BCUT2D eigenvalue weighted by molar-refractivity contribution is 7.13. The predicted octanol–water partition coefficient (Wildman–Crippen LogP) is 5.05. The van der Waals surface area contributed by atoms with E-state index in [1.165, 1.54) is 16.9 Å². The third-order valence-electron chi connectivity index (χ3n) is 4.24. The highest BCUT2D eigenvalue weighted by Crippen LogP contribution is 2.34. The molecule has 0 N–H and O–H groups in total. The molecular formula is C19H15ClN2OS. The standard InChI is InChI=1S/C19H15ClN2OS/c1-12-10-14-4-2-3-5-17(14)22(12)19(23)16-11-24-18(21-16)13-6-8-15(20)9-7-13/h2-9,11-12H,10H2,1H3/t12-/m1/s1. The number of aromatic nitrogens is 1. The van der Waals surface area contributed by atoms with Crippen LogP contribution in [0, 0.1) is 0 Å². The van der Waals surface area contributed by atoms with Gasteiger partial charge < -0.3 is 4.90 Å². The number of thiazole rings is 1. The molecular weight excluding hydrogens is 340 g/mol. The first-order chi connectivity index (χ1) is 11.6. The van der Waals surface area contributed by atoms with Crippen LogP contribution in [0.25, 0.3) is 10.6 Å². The van der Waals surface area contributed by atoms with Crippen LogP contribution in [0.15, 0.2) is 53.9 Å². The minimum absolute atomic E-state index is 0.0380. The third kappa shape index (κ3) is 2.62. The van der Waals surface area contributed by atoms with Gasteiger partial charge in [-0.25, -0.2) is 4.98 Å². The molecule has 3 nitrogen and oxygen atoms in total. The monoisotopic (exact) mass is 354 g/mol. The second-order valence-electron chi connectivity index (χ2n) is 5.90. The van der Waals surface area contributed by atoms with Crippen molar-refractivity contribution in [1.29, 1.82) is 0 Å². The van der Waals surface area contributed by atoms with Gasteiger partial charge in [0.15, 0.2) is 0 Å². The normalized spacial score (nSPS) is 16.2. The van der Waals surface area contributed by atoms with Crippen molar-refractivity contribution in [1.82, 2.24) is 4.98 Å². The molecule has 2 aromatic carbocycles. The number of carbonyl (C=O) groups is 1. The first kappa shape index (κ1) is 15.4. The number of anilines is 1. The molecule has 2 heterocycles. The Morgan fingerprint density at radius 1 is 1.21 bits per heavy atom. The number of amides is 1. The molecule has 0 unspecified atom stereocenters. The van der Waals surface area contributed by atoms with Crippen molar-refractivity contribution in [2.45, 2.75) is 19.4 Å². The summed E-state index contributed by atoms with van der Waals surface area (Å²) in [6.07, 6.45) is 0.885. The van der Waals surface area contributed by atoms with Crippen LogP contribution >= 0.6 is 22.9 Å². The molecule has 1 atom stereocenters. The van der Waals surface area contributed by atoms with Crippen LogP contribution in [0.4, 0.5) is 5.69 Å². The number of fused-ring (bicyclic) bond motifs is 1. The third-order valence-corrected chi connectivity index (χ3v) is 5.38. The van der Waals surface area contributed by atoms with E-state index in [0.717, 1.165) is 22.7 Å². The maximum atomic E-state index is 13.0. The fourth-order valence-electron chi connectivity index (χ4n) is 3.10. The zero-order valence-corrected chi connectivity index (χ0v) is 14.6. The van der Waals surface area contributed by atoms with Crippen LogP contribution in [-0.2, 0) is 6.42 Å². The van der Waals surface area contributed by atoms with Crippen molar-refractivity contribution in [2.75, 3.05) is 4.90 Å². The Balaban J connectivity index is 1.65. The molecule has 24 heavy (non-hydrogen) atoms. The lowest BCUT2D eigenvalue weighted by molar-refractivity contribution is 0.0977. The van der Waals surface area contributed by atoms with E-state index in [-0.39, 0.29) is 11.9 Å². The lowest BCUT2D eigenvalue weighted by Crippen LogP contribution is -2.35. The molecule has 0 aliphatic carbocycles. The van der Waals surface area contributed by atoms with E-state index in [0.29, 0.717) is 10.7 Å². The molecule has 1 amide bonds. The van der Waals surface area contributed by atoms with Gasteiger partial charge in [0, 0.05) is 27.7 Å². The summed E-state index contributed by atoms with van der Waals surface area (Å²) in [5, 5.41) is 3.35. The molecule has 0 bridgehead atoms. The van der Waals surface area contributed by atoms with E-state index in [1.54, 1.807) is 0 Å². The maximum absolute atomic E-state index is 13.0. The maximum Gasteiger partial charge on any atom is 0.278 e. The summed E-state index contributed by atoms with van der Waals surface area (Å²) in [6.45, 7) is 2.07. The summed E-state index contributed by atoms with van der Waals surface area (Å²) in [7, 11) is 0. The van der Waals surface area contributed by atoms with Crippen molar-refractivity contribution in [3.63, 3.8) is 0 Å². The summed E-state index contributed by atoms with van der Waals surface area (Å²) in [4.78, 5) is 19.4. The van der Waals surface area contributed by atoms with Gasteiger partial charge in [0.05, 0.1) is 0 Å². The molecule has 1 aliphatic heterocycles. The quantitative estimate of drug-likeness (QED) is 0.644. The zero-order valence-electron chi connectivity index (χ0n) is 13.1. The molecule has 0 radical (unpaired) electrons. The van der Waals surface area contributed by atoms with Gasteiger partial charge in [0.2, 0.25) is 0 Å². The largest absolute Gasteiger partial charge is 0.304 e. The van der Waals surface area contributed by atoms with Crippen LogP contribution in [0.1, 0.15) is 23.0 Å². The van der Waals surface area contributed by atoms with Gasteiger partial charge in [0.1, 0.15) is 10.7 Å². The summed E-state index contributed by atoms with van der Waals surface area (Å²) in [6, 6.07) is 15.7. The Morgan fingerprint density at radius 2 is 1.96 bits per heavy atom. The number of benzene rings is 2. The van der Waals surface area contributed by atoms with Crippen LogP contribution in [0.3, 0.4) is 0 Å². The second kappa shape index (κ2) is 6.04. The smallest absolute Gasteiger partial charge is 0.278 e. The van der Waals surface area contributed by atoms with Crippen LogP contribution in [0.2, 0.25) is 5.02 Å². The van der Waals surface area contributed by atoms with Gasteiger partial charge >= 0.3 is 0 Å². The van der Waals surface area contributed by atoms with Crippen molar-refractivity contribution in [3.05, 3.63) is 70.2 Å². The lowest BCUT2D eigenvalue weighted by atomic mass is 10.1. The Bertz CT molecular complexity index is 904. The molecule has 0 spiro atoms. The van der Waals surface area contributed by atoms with Gasteiger partial charge in [-0.05, 0) is 37.1 Å². The van der Waals surface area contributed by atoms with Crippen molar-refractivity contribution < 1.29 is 4.79 Å². The number of nitrogens with zero attached hydrogens (tertiary/aromatic N) is 2. The van der Waals surface area contributed by atoms with Crippen LogP contribution in [0.5, 0.6) is 0 Å². The number of hydrogen-bond acceptors (Lipinski definition) is 3. The Morgan fingerprint density at radius 3 is 2.75 bits per heavy atom. The fraction of sp³-hybridized carbons (Fsp3) is 0.158. The molecule has 0 saturated heterocycles. The van der Waals surface area contributed by atoms with E-state index in [2.05, 4.69) is 18.0 Å². The summed E-state index contributed by atoms with van der Waals surface area (Å²) in [5.74, 6) is -0.0380. The van der Waals surface area contributed by atoms with Gasteiger partial charge in [-0.15, -0.1) is 11.3 Å². The molecule has 0 saturated carbocycles. The number of para-hydroxylation sites is 1. The lowest BCUT2D eigenvalue weighted by Gasteiger charge is -2.21. The molecule has 120 valence electrons. The van der Waals surface area contributed by atoms with Gasteiger partial charge in [0.25, 0.3) is 5.91 Å². The van der Waals surface area contributed by atoms with Crippen LogP contribution < -0.4 is 4.90 Å². The Labute approximate surface area is 149 Å². The highest BCUT2D eigenvalue weighted by atomic mass is 35.5. The fourth-order valence-corrected chi connectivity index (χ4v) is 4.02. The molecule has 3 aromatic rings. The van der Waals surface area contributed by atoms with E-state index < -0.39 is 0 Å². The summed E-state index contributed by atoms with van der Waals surface area (Å²) in [5.41, 5.74) is 3.68.